The minimum Gasteiger partial charge on any atom is -0.213 e. The quantitative estimate of drug-likeness (QED) is 0.419. The first-order chi connectivity index (χ1) is 2.77. The molecule has 0 spiro atoms. The fourth-order valence-corrected chi connectivity index (χ4v) is 0.225. The number of hydrogen-bond acceptors (Lipinski definition) is 1. The molecule has 31 valence electrons. The number of hydrogen-bond donors (Lipinski definition) is 0. The van der Waals surface area contributed by atoms with Crippen molar-refractivity contribution in [1.82, 2.24) is 0 Å². The summed E-state index contributed by atoms with van der Waals surface area (Å²) in [6.07, 6.45) is 1.12. The van der Waals surface area contributed by atoms with Crippen molar-refractivity contribution in [2.75, 3.05) is 0 Å². The molecule has 0 aliphatic heterocycles. The Morgan fingerprint density at radius 2 is 2.17 bits per heavy atom. The van der Waals surface area contributed by atoms with Gasteiger partial charge in [0.05, 0.1) is 0 Å². The summed E-state index contributed by atoms with van der Waals surface area (Å²) in [6, 6.07) is 1.66. The Kier molecular flexibility index (Phi) is 0.449. The third kappa shape index (κ3) is 0.373. The van der Waals surface area contributed by atoms with Crippen LogP contribution in [0, 0.1) is 11.3 Å². The van der Waals surface area contributed by atoms with Gasteiger partial charge >= 0.3 is 0 Å². The number of rotatable bonds is 0. The molecule has 1 fully saturated rings. The molecule has 1 aliphatic rings. The van der Waals surface area contributed by atoms with Gasteiger partial charge < -0.3 is 0 Å². The fraction of sp³-hybridized carbons (Fsp3) is 0.750. The zero-order valence-electron chi connectivity index (χ0n) is 3.27. The summed E-state index contributed by atoms with van der Waals surface area (Å²) >= 11 is 0. The van der Waals surface area contributed by atoms with Gasteiger partial charge in [0.25, 0.3) is 0 Å². The van der Waals surface area contributed by atoms with Gasteiger partial charge in [-0.05, 0) is 12.8 Å². The van der Waals surface area contributed by atoms with E-state index in [1.165, 1.54) is 0 Å². The molecule has 0 aromatic rings. The highest BCUT2D eigenvalue weighted by Crippen LogP contribution is 2.34. The predicted molar refractivity (Wildman–Crippen MR) is 18.3 cm³/mol. The van der Waals surface area contributed by atoms with Crippen LogP contribution >= 0.6 is 0 Å². The summed E-state index contributed by atoms with van der Waals surface area (Å²) in [7, 11) is 0. The third-order valence-corrected chi connectivity index (χ3v) is 0.908. The van der Waals surface area contributed by atoms with E-state index in [1.807, 2.05) is 0 Å². The predicted octanol–water partition coefficient (Wildman–Crippen LogP) is 0.473. The summed E-state index contributed by atoms with van der Waals surface area (Å²) in [5.74, 6) is 0. The van der Waals surface area contributed by atoms with Gasteiger partial charge in [-0.3, -0.25) is 0 Å². The third-order valence-electron chi connectivity index (χ3n) is 0.908. The summed E-state index contributed by atoms with van der Waals surface area (Å²) in [6.45, 7) is 0. The van der Waals surface area contributed by atoms with E-state index >= 15 is 0 Å². The first kappa shape index (κ1) is 3.63. The van der Waals surface area contributed by atoms with Gasteiger partial charge in [0.2, 0.25) is 0 Å². The molecule has 0 saturated heterocycles. The molecule has 0 heterocycles. The first-order valence-corrected chi connectivity index (χ1v) is 1.88. The Labute approximate surface area is 36.0 Å². The monoisotopic (exact) mass is 82.0 g/mol. The Morgan fingerprint density at radius 3 is 2.17 bits per heavy atom. The van der Waals surface area contributed by atoms with Gasteiger partial charge in [-0.25, -0.2) is 5.11 Å². The molecular formula is C4H4NO. The minimum atomic E-state index is -1.15. The molecule has 0 aromatic heterocycles. The van der Waals surface area contributed by atoms with E-state index in [0.29, 0.717) is 12.8 Å². The zero-order valence-corrected chi connectivity index (χ0v) is 3.27. The maximum Gasteiger partial charge on any atom is 0.189 e. The van der Waals surface area contributed by atoms with Crippen LogP contribution in [0.2, 0.25) is 0 Å². The van der Waals surface area contributed by atoms with E-state index in [-0.39, 0.29) is 0 Å². The Bertz CT molecular complexity index is 98.6. The van der Waals surface area contributed by atoms with Crippen LogP contribution < -0.4 is 0 Å². The summed E-state index contributed by atoms with van der Waals surface area (Å²) in [4.78, 5) is 0. The van der Waals surface area contributed by atoms with Crippen molar-refractivity contribution in [3.05, 3.63) is 0 Å². The van der Waals surface area contributed by atoms with Crippen LogP contribution in [0.4, 0.5) is 0 Å². The highest BCUT2D eigenvalue weighted by molar-refractivity contribution is 5.10. The van der Waals surface area contributed by atoms with Gasteiger partial charge in [-0.2, -0.15) is 5.26 Å². The standard InChI is InChI=1S/C4H4NO/c5-3-4(6)1-2-4/h1-2H2. The van der Waals surface area contributed by atoms with Crippen molar-refractivity contribution in [2.45, 2.75) is 18.4 Å². The van der Waals surface area contributed by atoms with Gasteiger partial charge in [0, 0.05) is 0 Å². The Hall–Kier alpha value is -0.550. The second-order valence-corrected chi connectivity index (χ2v) is 1.61. The minimum absolute atomic E-state index is 0.559. The van der Waals surface area contributed by atoms with E-state index < -0.39 is 5.60 Å². The molecular weight excluding hydrogens is 78.0 g/mol. The fourth-order valence-electron chi connectivity index (χ4n) is 0.225. The second-order valence-electron chi connectivity index (χ2n) is 1.61. The summed E-state index contributed by atoms with van der Waals surface area (Å²) in [5, 5.41) is 18.1. The van der Waals surface area contributed by atoms with Crippen LogP contribution in [0.1, 0.15) is 12.8 Å². The van der Waals surface area contributed by atoms with Crippen molar-refractivity contribution in [1.29, 1.82) is 5.26 Å². The van der Waals surface area contributed by atoms with Gasteiger partial charge in [0.15, 0.2) is 5.60 Å². The molecule has 0 N–H and O–H groups in total. The van der Waals surface area contributed by atoms with Gasteiger partial charge in [0.1, 0.15) is 6.07 Å². The normalized spacial score (nSPS) is 25.3. The van der Waals surface area contributed by atoms with E-state index in [1.54, 1.807) is 6.07 Å². The molecule has 2 nitrogen and oxygen atoms in total. The SMILES string of the molecule is N#CC1([O])CC1. The molecule has 2 heteroatoms. The Balaban J connectivity index is 2.54. The van der Waals surface area contributed by atoms with Crippen molar-refractivity contribution >= 4 is 0 Å². The van der Waals surface area contributed by atoms with Crippen molar-refractivity contribution in [2.24, 2.45) is 0 Å². The topological polar surface area (TPSA) is 43.7 Å². The smallest absolute Gasteiger partial charge is 0.189 e. The largest absolute Gasteiger partial charge is 0.213 e. The van der Waals surface area contributed by atoms with Crippen LogP contribution in [-0.2, 0) is 5.11 Å². The maximum absolute atomic E-state index is 10.2. The van der Waals surface area contributed by atoms with E-state index in [2.05, 4.69) is 0 Å². The van der Waals surface area contributed by atoms with E-state index in [4.69, 9.17) is 5.26 Å². The molecule has 0 aromatic carbocycles. The van der Waals surface area contributed by atoms with Crippen LogP contribution in [0.25, 0.3) is 0 Å². The first-order valence-electron chi connectivity index (χ1n) is 1.88. The molecule has 1 saturated carbocycles. The van der Waals surface area contributed by atoms with Crippen molar-refractivity contribution in [3.8, 4) is 6.07 Å². The lowest BCUT2D eigenvalue weighted by atomic mass is 10.4. The molecule has 0 bridgehead atoms. The lowest BCUT2D eigenvalue weighted by Crippen LogP contribution is -1.95. The van der Waals surface area contributed by atoms with E-state index in [0.717, 1.165) is 0 Å². The van der Waals surface area contributed by atoms with Crippen molar-refractivity contribution < 1.29 is 5.11 Å². The number of nitrogens with zero attached hydrogens (tertiary/aromatic N) is 1. The lowest BCUT2D eigenvalue weighted by Gasteiger charge is -1.77. The molecule has 6 heavy (non-hydrogen) atoms. The van der Waals surface area contributed by atoms with Gasteiger partial charge in [-0.1, -0.05) is 0 Å². The Morgan fingerprint density at radius 1 is 1.67 bits per heavy atom. The lowest BCUT2D eigenvalue weighted by molar-refractivity contribution is 0.115. The highest BCUT2D eigenvalue weighted by atomic mass is 16.3. The van der Waals surface area contributed by atoms with Crippen molar-refractivity contribution in [3.63, 3.8) is 0 Å². The maximum atomic E-state index is 10.2. The average Bonchev–Trinajstić information content (AvgIpc) is 2.22. The molecule has 1 aliphatic carbocycles. The second kappa shape index (κ2) is 0.742. The molecule has 0 amide bonds. The summed E-state index contributed by atoms with van der Waals surface area (Å²) < 4.78 is 0. The summed E-state index contributed by atoms with van der Waals surface area (Å²) in [5.41, 5.74) is -1.15. The van der Waals surface area contributed by atoms with Crippen LogP contribution in [0.5, 0.6) is 0 Å². The van der Waals surface area contributed by atoms with E-state index in [9.17, 15) is 5.11 Å². The average molecular weight is 82.1 g/mol. The molecule has 1 rings (SSSR count). The molecule has 1 radical (unpaired) electrons. The zero-order chi connectivity index (χ0) is 4.62. The van der Waals surface area contributed by atoms with Crippen LogP contribution in [0.3, 0.4) is 0 Å². The number of nitriles is 1. The van der Waals surface area contributed by atoms with Crippen LogP contribution in [0.15, 0.2) is 0 Å². The van der Waals surface area contributed by atoms with Crippen LogP contribution in [-0.4, -0.2) is 5.60 Å². The molecule has 0 atom stereocenters. The van der Waals surface area contributed by atoms with Gasteiger partial charge in [-0.15, -0.1) is 0 Å². The molecule has 0 unspecified atom stereocenters. The highest BCUT2D eigenvalue weighted by Gasteiger charge is 2.43.